The molecule has 2 aliphatic carbocycles. The number of nitrogen functional groups attached to an aromatic ring is 1. The second-order valence-electron chi connectivity index (χ2n) is 6.68. The minimum Gasteiger partial charge on any atom is -0.396 e. The SMILES string of the molecule is Nc1nc(NCC2(CO)CCCC2)cc(C2CC(N)C2)n1. The molecular formula is C15H25N5O. The first-order valence-electron chi connectivity index (χ1n) is 7.85. The number of aromatic nitrogens is 2. The van der Waals surface area contributed by atoms with E-state index in [1.54, 1.807) is 0 Å². The van der Waals surface area contributed by atoms with Crippen LogP contribution in [0, 0.1) is 5.41 Å². The maximum absolute atomic E-state index is 9.66. The molecule has 1 aromatic rings. The average molecular weight is 291 g/mol. The quantitative estimate of drug-likeness (QED) is 0.649. The minimum absolute atomic E-state index is 0.00129. The molecular weight excluding hydrogens is 266 g/mol. The normalized spacial score (nSPS) is 27.3. The summed E-state index contributed by atoms with van der Waals surface area (Å²) in [5.41, 5.74) is 12.6. The van der Waals surface area contributed by atoms with Crippen molar-refractivity contribution in [1.82, 2.24) is 9.97 Å². The van der Waals surface area contributed by atoms with Crippen molar-refractivity contribution in [2.75, 3.05) is 24.2 Å². The Morgan fingerprint density at radius 3 is 2.62 bits per heavy atom. The Morgan fingerprint density at radius 2 is 2.00 bits per heavy atom. The summed E-state index contributed by atoms with van der Waals surface area (Å²) in [4.78, 5) is 8.59. The first-order valence-corrected chi connectivity index (χ1v) is 7.85. The fraction of sp³-hybridized carbons (Fsp3) is 0.733. The molecule has 0 aliphatic heterocycles. The summed E-state index contributed by atoms with van der Waals surface area (Å²) in [6.07, 6.45) is 6.47. The van der Waals surface area contributed by atoms with Gasteiger partial charge >= 0.3 is 0 Å². The van der Waals surface area contributed by atoms with Crippen molar-refractivity contribution in [2.24, 2.45) is 11.1 Å². The molecule has 2 fully saturated rings. The van der Waals surface area contributed by atoms with E-state index in [1.165, 1.54) is 12.8 Å². The van der Waals surface area contributed by atoms with Crippen LogP contribution in [0.4, 0.5) is 11.8 Å². The highest BCUT2D eigenvalue weighted by Gasteiger charge is 2.33. The Balaban J connectivity index is 1.67. The molecule has 6 heteroatoms. The summed E-state index contributed by atoms with van der Waals surface area (Å²) in [5.74, 6) is 1.47. The third kappa shape index (κ3) is 3.11. The largest absolute Gasteiger partial charge is 0.396 e. The van der Waals surface area contributed by atoms with Gasteiger partial charge in [-0.3, -0.25) is 0 Å². The molecule has 2 aliphatic rings. The van der Waals surface area contributed by atoms with Gasteiger partial charge in [-0.1, -0.05) is 12.8 Å². The Bertz CT molecular complexity index is 495. The molecule has 0 amide bonds. The van der Waals surface area contributed by atoms with Crippen LogP contribution >= 0.6 is 0 Å². The Labute approximate surface area is 125 Å². The zero-order valence-corrected chi connectivity index (χ0v) is 12.4. The van der Waals surface area contributed by atoms with E-state index in [-0.39, 0.29) is 12.0 Å². The van der Waals surface area contributed by atoms with Crippen molar-refractivity contribution < 1.29 is 5.11 Å². The highest BCUT2D eigenvalue weighted by Crippen LogP contribution is 2.38. The van der Waals surface area contributed by atoms with Crippen molar-refractivity contribution in [3.05, 3.63) is 11.8 Å². The van der Waals surface area contributed by atoms with Gasteiger partial charge in [0.05, 0.1) is 12.3 Å². The van der Waals surface area contributed by atoms with E-state index in [2.05, 4.69) is 15.3 Å². The van der Waals surface area contributed by atoms with Gasteiger partial charge < -0.3 is 21.9 Å². The number of nitrogens with zero attached hydrogens (tertiary/aromatic N) is 2. The molecule has 0 unspecified atom stereocenters. The Hall–Kier alpha value is -1.40. The third-order valence-electron chi connectivity index (χ3n) is 5.00. The van der Waals surface area contributed by atoms with Gasteiger partial charge in [0.15, 0.2) is 0 Å². The summed E-state index contributed by atoms with van der Waals surface area (Å²) in [7, 11) is 0. The molecule has 0 atom stereocenters. The molecule has 0 aromatic carbocycles. The smallest absolute Gasteiger partial charge is 0.222 e. The van der Waals surface area contributed by atoms with Crippen LogP contribution in [0.2, 0.25) is 0 Å². The van der Waals surface area contributed by atoms with Crippen LogP contribution < -0.4 is 16.8 Å². The van der Waals surface area contributed by atoms with Crippen molar-refractivity contribution in [3.63, 3.8) is 0 Å². The fourth-order valence-corrected chi connectivity index (χ4v) is 3.48. The van der Waals surface area contributed by atoms with Gasteiger partial charge in [-0.05, 0) is 25.7 Å². The molecule has 1 aromatic heterocycles. The highest BCUT2D eigenvalue weighted by molar-refractivity contribution is 5.42. The number of hydrogen-bond acceptors (Lipinski definition) is 6. The summed E-state index contributed by atoms with van der Waals surface area (Å²) in [5, 5.41) is 13.0. The molecule has 0 saturated heterocycles. The van der Waals surface area contributed by atoms with Crippen molar-refractivity contribution in [1.29, 1.82) is 0 Å². The van der Waals surface area contributed by atoms with Crippen LogP contribution in [0.25, 0.3) is 0 Å². The number of aliphatic hydroxyl groups is 1. The van der Waals surface area contributed by atoms with E-state index >= 15 is 0 Å². The molecule has 0 spiro atoms. The lowest BCUT2D eigenvalue weighted by atomic mass is 9.78. The minimum atomic E-state index is -0.00129. The van der Waals surface area contributed by atoms with Crippen molar-refractivity contribution in [3.8, 4) is 0 Å². The highest BCUT2D eigenvalue weighted by atomic mass is 16.3. The van der Waals surface area contributed by atoms with Gasteiger partial charge in [0, 0.05) is 30.0 Å². The second kappa shape index (κ2) is 5.77. The van der Waals surface area contributed by atoms with E-state index in [0.29, 0.717) is 17.9 Å². The number of rotatable bonds is 5. The lowest BCUT2D eigenvalue weighted by molar-refractivity contribution is 0.142. The van der Waals surface area contributed by atoms with Crippen LogP contribution in [-0.2, 0) is 0 Å². The molecule has 3 rings (SSSR count). The predicted octanol–water partition coefficient (Wildman–Crippen LogP) is 1.23. The van der Waals surface area contributed by atoms with E-state index in [0.717, 1.165) is 43.7 Å². The van der Waals surface area contributed by atoms with Gasteiger partial charge in [-0.25, -0.2) is 4.98 Å². The molecule has 2 saturated carbocycles. The molecule has 0 bridgehead atoms. The zero-order valence-electron chi connectivity index (χ0n) is 12.4. The summed E-state index contributed by atoms with van der Waals surface area (Å²) < 4.78 is 0. The number of nitrogens with two attached hydrogens (primary N) is 2. The van der Waals surface area contributed by atoms with E-state index in [9.17, 15) is 5.11 Å². The van der Waals surface area contributed by atoms with Crippen LogP contribution in [-0.4, -0.2) is 34.3 Å². The zero-order chi connectivity index (χ0) is 14.9. The lowest BCUT2D eigenvalue weighted by Crippen LogP contribution is -2.35. The molecule has 6 N–H and O–H groups in total. The Morgan fingerprint density at radius 1 is 1.29 bits per heavy atom. The standard InChI is InChI=1S/C15H25N5O/c16-11-5-10(6-11)12-7-13(20-14(17)19-12)18-8-15(9-21)3-1-2-4-15/h7,10-11,21H,1-6,8-9,16H2,(H3,17,18,19,20). The van der Waals surface area contributed by atoms with Crippen molar-refractivity contribution >= 4 is 11.8 Å². The van der Waals surface area contributed by atoms with E-state index < -0.39 is 0 Å². The third-order valence-corrected chi connectivity index (χ3v) is 5.00. The monoisotopic (exact) mass is 291 g/mol. The van der Waals surface area contributed by atoms with Gasteiger partial charge in [0.2, 0.25) is 5.95 Å². The maximum atomic E-state index is 9.66. The summed E-state index contributed by atoms with van der Waals surface area (Å²) >= 11 is 0. The van der Waals surface area contributed by atoms with Crippen molar-refractivity contribution in [2.45, 2.75) is 50.5 Å². The van der Waals surface area contributed by atoms with Crippen LogP contribution in [0.1, 0.15) is 50.1 Å². The molecule has 116 valence electrons. The maximum Gasteiger partial charge on any atom is 0.222 e. The van der Waals surface area contributed by atoms with Gasteiger partial charge in [0.1, 0.15) is 5.82 Å². The van der Waals surface area contributed by atoms with Gasteiger partial charge in [-0.15, -0.1) is 0 Å². The second-order valence-corrected chi connectivity index (χ2v) is 6.68. The molecule has 6 nitrogen and oxygen atoms in total. The fourth-order valence-electron chi connectivity index (χ4n) is 3.48. The first kappa shape index (κ1) is 14.5. The van der Waals surface area contributed by atoms with Crippen LogP contribution in [0.3, 0.4) is 0 Å². The average Bonchev–Trinajstić information content (AvgIpc) is 2.91. The topological polar surface area (TPSA) is 110 Å². The van der Waals surface area contributed by atoms with E-state index in [1.807, 2.05) is 6.07 Å². The van der Waals surface area contributed by atoms with Gasteiger partial charge in [0.25, 0.3) is 0 Å². The van der Waals surface area contributed by atoms with Crippen LogP contribution in [0.5, 0.6) is 0 Å². The number of hydrogen-bond donors (Lipinski definition) is 4. The lowest BCUT2D eigenvalue weighted by Gasteiger charge is -2.32. The Kier molecular flexibility index (Phi) is 3.99. The predicted molar refractivity (Wildman–Crippen MR) is 82.9 cm³/mol. The van der Waals surface area contributed by atoms with Gasteiger partial charge in [-0.2, -0.15) is 4.98 Å². The molecule has 1 heterocycles. The number of anilines is 2. The van der Waals surface area contributed by atoms with E-state index in [4.69, 9.17) is 11.5 Å². The summed E-state index contributed by atoms with van der Waals surface area (Å²) in [6, 6.07) is 2.27. The summed E-state index contributed by atoms with van der Waals surface area (Å²) in [6.45, 7) is 0.967. The number of nitrogens with one attached hydrogen (secondary N) is 1. The van der Waals surface area contributed by atoms with Crippen LogP contribution in [0.15, 0.2) is 6.07 Å². The number of aliphatic hydroxyl groups excluding tert-OH is 1. The molecule has 0 radical (unpaired) electrons. The molecule has 21 heavy (non-hydrogen) atoms. The first-order chi connectivity index (χ1) is 10.1.